The SMILES string of the molecule is O=C(NCCc1cccc(Cl)c1)c1cccc(C(=O)NCC2CCCO2)n1. The third kappa shape index (κ3) is 5.77. The van der Waals surface area contributed by atoms with E-state index >= 15 is 0 Å². The molecule has 1 aromatic carbocycles. The Morgan fingerprint density at radius 1 is 1.11 bits per heavy atom. The molecule has 142 valence electrons. The molecule has 0 bridgehead atoms. The van der Waals surface area contributed by atoms with Gasteiger partial charge in [0.1, 0.15) is 11.4 Å². The topological polar surface area (TPSA) is 80.3 Å². The molecule has 1 saturated heterocycles. The number of carbonyl (C=O) groups excluding carboxylic acids is 2. The molecule has 0 aliphatic carbocycles. The van der Waals surface area contributed by atoms with E-state index in [1.807, 2.05) is 24.3 Å². The molecule has 1 aromatic heterocycles. The van der Waals surface area contributed by atoms with E-state index in [2.05, 4.69) is 15.6 Å². The van der Waals surface area contributed by atoms with Crippen LogP contribution in [0.1, 0.15) is 39.4 Å². The molecule has 0 saturated carbocycles. The molecule has 2 heterocycles. The highest BCUT2D eigenvalue weighted by atomic mass is 35.5. The van der Waals surface area contributed by atoms with Gasteiger partial charge in [0.15, 0.2) is 0 Å². The zero-order chi connectivity index (χ0) is 19.1. The van der Waals surface area contributed by atoms with Gasteiger partial charge < -0.3 is 15.4 Å². The van der Waals surface area contributed by atoms with E-state index in [1.54, 1.807) is 18.2 Å². The maximum Gasteiger partial charge on any atom is 0.269 e. The zero-order valence-corrected chi connectivity index (χ0v) is 15.7. The van der Waals surface area contributed by atoms with Crippen molar-refractivity contribution in [1.82, 2.24) is 15.6 Å². The Morgan fingerprint density at radius 2 is 1.85 bits per heavy atom. The first kappa shape index (κ1) is 19.3. The number of ether oxygens (including phenoxy) is 1. The highest BCUT2D eigenvalue weighted by Crippen LogP contribution is 2.11. The minimum atomic E-state index is -0.314. The quantitative estimate of drug-likeness (QED) is 0.765. The van der Waals surface area contributed by atoms with Crippen molar-refractivity contribution in [3.8, 4) is 0 Å². The van der Waals surface area contributed by atoms with Crippen molar-refractivity contribution in [2.45, 2.75) is 25.4 Å². The van der Waals surface area contributed by atoms with Gasteiger partial charge in [-0.3, -0.25) is 9.59 Å². The fourth-order valence-corrected chi connectivity index (χ4v) is 3.11. The molecule has 0 radical (unpaired) electrons. The standard InChI is InChI=1S/C20H22ClN3O3/c21-15-5-1-4-14(12-15)9-10-22-19(25)17-7-2-8-18(24-17)20(26)23-13-16-6-3-11-27-16/h1-2,4-5,7-8,12,16H,3,6,9-11,13H2,(H,22,25)(H,23,26). The Morgan fingerprint density at radius 3 is 2.56 bits per heavy atom. The summed E-state index contributed by atoms with van der Waals surface area (Å²) in [6.07, 6.45) is 2.69. The van der Waals surface area contributed by atoms with Crippen molar-refractivity contribution >= 4 is 23.4 Å². The Kier molecular flexibility index (Phi) is 6.79. The minimum absolute atomic E-state index is 0.0620. The molecule has 0 spiro atoms. The van der Waals surface area contributed by atoms with Crippen LogP contribution < -0.4 is 10.6 Å². The van der Waals surface area contributed by atoms with Gasteiger partial charge in [-0.15, -0.1) is 0 Å². The fourth-order valence-electron chi connectivity index (χ4n) is 2.89. The molecule has 1 aliphatic heterocycles. The lowest BCUT2D eigenvalue weighted by Crippen LogP contribution is -2.33. The van der Waals surface area contributed by atoms with Crippen LogP contribution in [0.15, 0.2) is 42.5 Å². The van der Waals surface area contributed by atoms with Gasteiger partial charge in [0, 0.05) is 24.7 Å². The number of pyridine rings is 1. The van der Waals surface area contributed by atoms with E-state index in [1.165, 1.54) is 0 Å². The number of hydrogen-bond acceptors (Lipinski definition) is 4. The summed E-state index contributed by atoms with van der Waals surface area (Å²) in [7, 11) is 0. The number of hydrogen-bond donors (Lipinski definition) is 2. The van der Waals surface area contributed by atoms with Crippen LogP contribution in [-0.2, 0) is 11.2 Å². The van der Waals surface area contributed by atoms with Crippen LogP contribution in [-0.4, -0.2) is 42.6 Å². The van der Waals surface area contributed by atoms with Crippen molar-refractivity contribution in [1.29, 1.82) is 0 Å². The van der Waals surface area contributed by atoms with Gasteiger partial charge in [0.2, 0.25) is 0 Å². The average Bonchev–Trinajstić information content (AvgIpc) is 3.20. The van der Waals surface area contributed by atoms with Crippen LogP contribution >= 0.6 is 11.6 Å². The molecule has 3 rings (SSSR count). The third-order valence-corrected chi connectivity index (χ3v) is 4.55. The van der Waals surface area contributed by atoms with Crippen LogP contribution in [0.4, 0.5) is 0 Å². The molecule has 1 unspecified atom stereocenters. The molecule has 2 amide bonds. The molecular weight excluding hydrogens is 366 g/mol. The molecule has 1 atom stereocenters. The van der Waals surface area contributed by atoms with Crippen LogP contribution in [0.2, 0.25) is 5.02 Å². The first-order valence-corrected chi connectivity index (χ1v) is 9.39. The van der Waals surface area contributed by atoms with Crippen LogP contribution in [0, 0.1) is 0 Å². The van der Waals surface area contributed by atoms with E-state index in [0.717, 1.165) is 25.0 Å². The van der Waals surface area contributed by atoms with Gasteiger partial charge in [-0.1, -0.05) is 29.8 Å². The van der Waals surface area contributed by atoms with E-state index in [4.69, 9.17) is 16.3 Å². The summed E-state index contributed by atoms with van der Waals surface area (Å²) in [5.74, 6) is -0.620. The predicted molar refractivity (Wildman–Crippen MR) is 103 cm³/mol. The summed E-state index contributed by atoms with van der Waals surface area (Å²) in [5.41, 5.74) is 1.47. The summed E-state index contributed by atoms with van der Waals surface area (Å²) < 4.78 is 5.48. The lowest BCUT2D eigenvalue weighted by molar-refractivity contribution is 0.0853. The van der Waals surface area contributed by atoms with Gasteiger partial charge in [-0.05, 0) is 49.1 Å². The third-order valence-electron chi connectivity index (χ3n) is 4.32. The molecule has 6 nitrogen and oxygen atoms in total. The fraction of sp³-hybridized carbons (Fsp3) is 0.350. The van der Waals surface area contributed by atoms with Gasteiger partial charge >= 0.3 is 0 Å². The van der Waals surface area contributed by atoms with Crippen molar-refractivity contribution in [3.05, 3.63) is 64.4 Å². The molecule has 2 aromatic rings. The van der Waals surface area contributed by atoms with Gasteiger partial charge in [-0.25, -0.2) is 4.98 Å². The number of rotatable bonds is 7. The Labute approximate surface area is 163 Å². The lowest BCUT2D eigenvalue weighted by atomic mass is 10.1. The number of carbonyl (C=O) groups is 2. The van der Waals surface area contributed by atoms with Gasteiger partial charge in [0.05, 0.1) is 6.10 Å². The maximum atomic E-state index is 12.3. The van der Waals surface area contributed by atoms with Crippen molar-refractivity contribution in [3.63, 3.8) is 0 Å². The maximum absolute atomic E-state index is 12.3. The Bertz CT molecular complexity index is 807. The number of nitrogens with zero attached hydrogens (tertiary/aromatic N) is 1. The van der Waals surface area contributed by atoms with Crippen LogP contribution in [0.5, 0.6) is 0 Å². The summed E-state index contributed by atoms with van der Waals surface area (Å²) in [6.45, 7) is 1.65. The van der Waals surface area contributed by atoms with Crippen LogP contribution in [0.25, 0.3) is 0 Å². The van der Waals surface area contributed by atoms with Crippen molar-refractivity contribution in [2.24, 2.45) is 0 Å². The van der Waals surface area contributed by atoms with E-state index in [9.17, 15) is 9.59 Å². The molecular formula is C20H22ClN3O3. The first-order valence-electron chi connectivity index (χ1n) is 9.01. The van der Waals surface area contributed by atoms with Crippen LogP contribution in [0.3, 0.4) is 0 Å². The summed E-state index contributed by atoms with van der Waals surface area (Å²) in [4.78, 5) is 28.7. The number of benzene rings is 1. The normalized spacial score (nSPS) is 16.1. The largest absolute Gasteiger partial charge is 0.376 e. The molecule has 7 heteroatoms. The number of aromatic nitrogens is 1. The second kappa shape index (κ2) is 9.48. The minimum Gasteiger partial charge on any atom is -0.376 e. The Hall–Kier alpha value is -2.44. The number of nitrogens with one attached hydrogen (secondary N) is 2. The second-order valence-corrected chi connectivity index (χ2v) is 6.83. The van der Waals surface area contributed by atoms with Gasteiger partial charge in [-0.2, -0.15) is 0 Å². The highest BCUT2D eigenvalue weighted by Gasteiger charge is 2.18. The monoisotopic (exact) mass is 387 g/mol. The number of halogens is 1. The highest BCUT2D eigenvalue weighted by molar-refractivity contribution is 6.30. The summed E-state index contributed by atoms with van der Waals surface area (Å²) >= 11 is 5.95. The summed E-state index contributed by atoms with van der Waals surface area (Å²) in [6, 6.07) is 12.3. The van der Waals surface area contributed by atoms with Crippen molar-refractivity contribution in [2.75, 3.05) is 19.7 Å². The van der Waals surface area contributed by atoms with E-state index < -0.39 is 0 Å². The van der Waals surface area contributed by atoms with E-state index in [-0.39, 0.29) is 29.3 Å². The molecule has 1 aliphatic rings. The second-order valence-electron chi connectivity index (χ2n) is 6.39. The van der Waals surface area contributed by atoms with E-state index in [0.29, 0.717) is 24.5 Å². The predicted octanol–water partition coefficient (Wildman–Crippen LogP) is 2.62. The zero-order valence-electron chi connectivity index (χ0n) is 14.9. The lowest BCUT2D eigenvalue weighted by Gasteiger charge is -2.11. The van der Waals surface area contributed by atoms with Gasteiger partial charge in [0.25, 0.3) is 11.8 Å². The smallest absolute Gasteiger partial charge is 0.269 e. The number of amides is 2. The molecule has 1 fully saturated rings. The molecule has 27 heavy (non-hydrogen) atoms. The first-order chi connectivity index (χ1) is 13.1. The Balaban J connectivity index is 1.50. The average molecular weight is 388 g/mol. The van der Waals surface area contributed by atoms with Crippen molar-refractivity contribution < 1.29 is 14.3 Å². The molecule has 2 N–H and O–H groups in total. The summed E-state index contributed by atoms with van der Waals surface area (Å²) in [5, 5.41) is 6.29.